The van der Waals surface area contributed by atoms with E-state index in [4.69, 9.17) is 0 Å². The molecule has 6 heteroatoms. The zero-order valence-electron chi connectivity index (χ0n) is 15.8. The summed E-state index contributed by atoms with van der Waals surface area (Å²) >= 11 is 0. The van der Waals surface area contributed by atoms with E-state index in [9.17, 15) is 13.2 Å². The Hall–Kier alpha value is -2.86. The second kappa shape index (κ2) is 6.95. The molecule has 3 aromatic rings. The quantitative estimate of drug-likeness (QED) is 0.734. The number of nitrogens with zero attached hydrogens (tertiary/aromatic N) is 1. The highest BCUT2D eigenvalue weighted by Crippen LogP contribution is 2.31. The average Bonchev–Trinajstić information content (AvgIpc) is 3.11. The van der Waals surface area contributed by atoms with Gasteiger partial charge in [0.05, 0.1) is 18.0 Å². The van der Waals surface area contributed by atoms with Gasteiger partial charge < -0.3 is 5.32 Å². The predicted octanol–water partition coefficient (Wildman–Crippen LogP) is 3.65. The summed E-state index contributed by atoms with van der Waals surface area (Å²) in [5, 5.41) is 5.34. The smallest absolute Gasteiger partial charge is 0.251 e. The number of carbonyl (C=O) groups excluding carboxylic acids is 1. The van der Waals surface area contributed by atoms with Crippen molar-refractivity contribution in [2.24, 2.45) is 0 Å². The molecule has 28 heavy (non-hydrogen) atoms. The van der Waals surface area contributed by atoms with E-state index in [-0.39, 0.29) is 11.9 Å². The standard InChI is InChI=1S/C22H22N2O3S/c1-15(17-8-7-16-5-3-4-6-18(16)13-17)23-22(25)20-9-10-21-19(14-20)11-12-24(21)28(2,26)27/h3-10,13-15H,11-12H2,1-2H3,(H,23,25). The first kappa shape index (κ1) is 18.5. The number of nitrogens with one attached hydrogen (secondary N) is 1. The lowest BCUT2D eigenvalue weighted by Gasteiger charge is -2.17. The molecule has 1 amide bonds. The molecule has 0 bridgehead atoms. The third kappa shape index (κ3) is 3.47. The van der Waals surface area contributed by atoms with E-state index < -0.39 is 10.0 Å². The Morgan fingerprint density at radius 1 is 1.04 bits per heavy atom. The first-order valence-electron chi connectivity index (χ1n) is 9.23. The van der Waals surface area contributed by atoms with Crippen LogP contribution >= 0.6 is 0 Å². The number of rotatable bonds is 4. The van der Waals surface area contributed by atoms with E-state index in [1.165, 1.54) is 15.9 Å². The molecule has 1 unspecified atom stereocenters. The van der Waals surface area contributed by atoms with Crippen molar-refractivity contribution in [3.05, 3.63) is 77.4 Å². The van der Waals surface area contributed by atoms with Crippen molar-refractivity contribution < 1.29 is 13.2 Å². The van der Waals surface area contributed by atoms with Crippen LogP contribution in [0, 0.1) is 0 Å². The minimum Gasteiger partial charge on any atom is -0.346 e. The van der Waals surface area contributed by atoms with Gasteiger partial charge in [0.2, 0.25) is 10.0 Å². The van der Waals surface area contributed by atoms with Gasteiger partial charge in [-0.05, 0) is 59.5 Å². The van der Waals surface area contributed by atoms with Crippen LogP contribution in [0.4, 0.5) is 5.69 Å². The molecule has 4 rings (SSSR count). The highest BCUT2D eigenvalue weighted by Gasteiger charge is 2.27. The lowest BCUT2D eigenvalue weighted by Crippen LogP contribution is -2.28. The van der Waals surface area contributed by atoms with Gasteiger partial charge in [0.25, 0.3) is 5.91 Å². The fraction of sp³-hybridized carbons (Fsp3) is 0.227. The normalized spacial score (nSPS) is 14.7. The van der Waals surface area contributed by atoms with Crippen molar-refractivity contribution in [3.63, 3.8) is 0 Å². The molecule has 5 nitrogen and oxygen atoms in total. The second-order valence-electron chi connectivity index (χ2n) is 7.23. The summed E-state index contributed by atoms with van der Waals surface area (Å²) in [5.74, 6) is -0.165. The van der Waals surface area contributed by atoms with Gasteiger partial charge in [-0.1, -0.05) is 36.4 Å². The third-order valence-corrected chi connectivity index (χ3v) is 6.40. The van der Waals surface area contributed by atoms with Gasteiger partial charge in [-0.2, -0.15) is 0 Å². The molecule has 0 aliphatic carbocycles. The Labute approximate surface area is 165 Å². The number of benzene rings is 3. The molecule has 0 fully saturated rings. The minimum absolute atomic E-state index is 0.141. The van der Waals surface area contributed by atoms with Crippen molar-refractivity contribution in [2.75, 3.05) is 17.1 Å². The van der Waals surface area contributed by atoms with Gasteiger partial charge in [-0.15, -0.1) is 0 Å². The fourth-order valence-electron chi connectivity index (χ4n) is 3.70. The van der Waals surface area contributed by atoms with Gasteiger partial charge in [0.15, 0.2) is 0 Å². The highest BCUT2D eigenvalue weighted by molar-refractivity contribution is 7.92. The van der Waals surface area contributed by atoms with Gasteiger partial charge in [-0.25, -0.2) is 8.42 Å². The minimum atomic E-state index is -3.29. The summed E-state index contributed by atoms with van der Waals surface area (Å²) < 4.78 is 25.1. The van der Waals surface area contributed by atoms with Crippen LogP contribution in [-0.4, -0.2) is 27.1 Å². The fourth-order valence-corrected chi connectivity index (χ4v) is 4.66. The largest absolute Gasteiger partial charge is 0.346 e. The molecule has 0 spiro atoms. The first-order valence-corrected chi connectivity index (χ1v) is 11.1. The topological polar surface area (TPSA) is 66.5 Å². The monoisotopic (exact) mass is 394 g/mol. The van der Waals surface area contributed by atoms with Crippen molar-refractivity contribution in [1.29, 1.82) is 0 Å². The number of sulfonamides is 1. The Balaban J connectivity index is 1.53. The Morgan fingerprint density at radius 2 is 1.79 bits per heavy atom. The summed E-state index contributed by atoms with van der Waals surface area (Å²) in [6, 6.07) is 19.4. The number of amides is 1. The van der Waals surface area contributed by atoms with Crippen LogP contribution in [-0.2, 0) is 16.4 Å². The molecule has 0 aromatic heterocycles. The molecule has 1 heterocycles. The van der Waals surface area contributed by atoms with Crippen LogP contribution in [0.2, 0.25) is 0 Å². The third-order valence-electron chi connectivity index (χ3n) is 5.22. The van der Waals surface area contributed by atoms with Crippen LogP contribution in [0.15, 0.2) is 60.7 Å². The maximum Gasteiger partial charge on any atom is 0.251 e. The molecule has 0 saturated carbocycles. The number of fused-ring (bicyclic) bond motifs is 2. The van der Waals surface area contributed by atoms with Crippen LogP contribution in [0.5, 0.6) is 0 Å². The molecule has 144 valence electrons. The molecule has 1 N–H and O–H groups in total. The average molecular weight is 394 g/mol. The van der Waals surface area contributed by atoms with Gasteiger partial charge >= 0.3 is 0 Å². The van der Waals surface area contributed by atoms with E-state index >= 15 is 0 Å². The van der Waals surface area contributed by atoms with Crippen molar-refractivity contribution in [1.82, 2.24) is 5.32 Å². The van der Waals surface area contributed by atoms with Crippen LogP contribution in [0.3, 0.4) is 0 Å². The zero-order chi connectivity index (χ0) is 19.9. The number of hydrogen-bond donors (Lipinski definition) is 1. The summed E-state index contributed by atoms with van der Waals surface area (Å²) in [4.78, 5) is 12.7. The maximum atomic E-state index is 12.7. The van der Waals surface area contributed by atoms with Crippen molar-refractivity contribution in [2.45, 2.75) is 19.4 Å². The molecule has 0 saturated heterocycles. The zero-order valence-corrected chi connectivity index (χ0v) is 16.7. The van der Waals surface area contributed by atoms with E-state index in [1.54, 1.807) is 18.2 Å². The van der Waals surface area contributed by atoms with E-state index in [1.807, 2.05) is 25.1 Å². The van der Waals surface area contributed by atoms with E-state index in [0.717, 1.165) is 16.5 Å². The summed E-state index contributed by atoms with van der Waals surface area (Å²) in [7, 11) is -3.29. The molecular formula is C22H22N2O3S. The Bertz CT molecular complexity index is 1170. The Kier molecular flexibility index (Phi) is 4.59. The van der Waals surface area contributed by atoms with Crippen LogP contribution < -0.4 is 9.62 Å². The van der Waals surface area contributed by atoms with Crippen molar-refractivity contribution in [3.8, 4) is 0 Å². The number of carbonyl (C=O) groups is 1. The van der Waals surface area contributed by atoms with E-state index in [0.29, 0.717) is 24.2 Å². The molecule has 1 atom stereocenters. The predicted molar refractivity (Wildman–Crippen MR) is 112 cm³/mol. The SMILES string of the molecule is CC(NC(=O)c1ccc2c(c1)CCN2S(C)(=O)=O)c1ccc2ccccc2c1. The Morgan fingerprint density at radius 3 is 2.54 bits per heavy atom. The van der Waals surface area contributed by atoms with Gasteiger partial charge in [0.1, 0.15) is 0 Å². The molecule has 0 radical (unpaired) electrons. The lowest BCUT2D eigenvalue weighted by atomic mass is 10.0. The van der Waals surface area contributed by atoms with Gasteiger partial charge in [0, 0.05) is 12.1 Å². The summed E-state index contributed by atoms with van der Waals surface area (Å²) in [5.41, 5.74) is 3.14. The van der Waals surface area contributed by atoms with Gasteiger partial charge in [-0.3, -0.25) is 9.10 Å². The number of anilines is 1. The van der Waals surface area contributed by atoms with E-state index in [2.05, 4.69) is 29.6 Å². The molecule has 3 aromatic carbocycles. The van der Waals surface area contributed by atoms with Crippen LogP contribution in [0.1, 0.15) is 34.5 Å². The number of hydrogen-bond acceptors (Lipinski definition) is 3. The van der Waals surface area contributed by atoms with Crippen LogP contribution in [0.25, 0.3) is 10.8 Å². The second-order valence-corrected chi connectivity index (χ2v) is 9.14. The lowest BCUT2D eigenvalue weighted by molar-refractivity contribution is 0.0940. The molecule has 1 aliphatic rings. The van der Waals surface area contributed by atoms with Crippen molar-refractivity contribution >= 4 is 32.4 Å². The molecular weight excluding hydrogens is 372 g/mol. The summed E-state index contributed by atoms with van der Waals surface area (Å²) in [6.07, 6.45) is 1.82. The summed E-state index contributed by atoms with van der Waals surface area (Å²) in [6.45, 7) is 2.38. The maximum absolute atomic E-state index is 12.7. The molecule has 1 aliphatic heterocycles. The first-order chi connectivity index (χ1) is 13.3. The highest BCUT2D eigenvalue weighted by atomic mass is 32.2.